The summed E-state index contributed by atoms with van der Waals surface area (Å²) in [4.78, 5) is 27.9. The van der Waals surface area contributed by atoms with Crippen molar-refractivity contribution in [2.75, 3.05) is 47.9 Å². The molecular weight excluding hydrogens is 501 g/mol. The number of ether oxygens (including phenoxy) is 2. The number of alkyl carbamates (subject to hydrolysis) is 1. The molecule has 38 heavy (non-hydrogen) atoms. The van der Waals surface area contributed by atoms with Crippen molar-refractivity contribution in [3.8, 4) is 5.75 Å². The molecule has 0 aromatic heterocycles. The number of amides is 2. The van der Waals surface area contributed by atoms with Gasteiger partial charge < -0.3 is 29.9 Å². The number of hydrogen-bond donors (Lipinski definition) is 2. The Bertz CT molecular complexity index is 1140. The van der Waals surface area contributed by atoms with Crippen LogP contribution in [-0.4, -0.2) is 56.6 Å². The zero-order chi connectivity index (χ0) is 27.5. The normalized spacial score (nSPS) is 16.5. The number of piperidine rings is 1. The van der Waals surface area contributed by atoms with Gasteiger partial charge >= 0.3 is 12.3 Å². The second-order valence-electron chi connectivity index (χ2n) is 10.4. The molecule has 8 nitrogen and oxygen atoms in total. The van der Waals surface area contributed by atoms with Crippen LogP contribution in [0.15, 0.2) is 42.5 Å². The van der Waals surface area contributed by atoms with E-state index in [2.05, 4.69) is 10.6 Å². The summed E-state index contributed by atoms with van der Waals surface area (Å²) in [6, 6.07) is 12.9. The molecule has 2 heterocycles. The van der Waals surface area contributed by atoms with Crippen molar-refractivity contribution in [1.82, 2.24) is 5.32 Å². The van der Waals surface area contributed by atoms with E-state index in [0.717, 1.165) is 17.1 Å². The molecule has 206 valence electrons. The number of rotatable bonds is 6. The van der Waals surface area contributed by atoms with Gasteiger partial charge in [-0.3, -0.25) is 4.79 Å². The van der Waals surface area contributed by atoms with E-state index in [-0.39, 0.29) is 38.4 Å². The third-order valence-corrected chi connectivity index (χ3v) is 6.39. The monoisotopic (exact) mass is 534 g/mol. The summed E-state index contributed by atoms with van der Waals surface area (Å²) in [7, 11) is 0. The van der Waals surface area contributed by atoms with E-state index >= 15 is 0 Å². The van der Waals surface area contributed by atoms with E-state index in [1.165, 1.54) is 0 Å². The molecule has 2 aliphatic rings. The molecule has 1 saturated heterocycles. The Morgan fingerprint density at radius 3 is 2.34 bits per heavy atom. The second-order valence-corrected chi connectivity index (χ2v) is 10.4. The largest absolute Gasteiger partial charge is 0.481 e. The Labute approximate surface area is 220 Å². The first-order chi connectivity index (χ1) is 17.9. The summed E-state index contributed by atoms with van der Waals surface area (Å²) in [6.07, 6.45) is -4.46. The lowest BCUT2D eigenvalue weighted by Gasteiger charge is -2.34. The summed E-state index contributed by atoms with van der Waals surface area (Å²) in [5.41, 5.74) is 2.45. The summed E-state index contributed by atoms with van der Waals surface area (Å²) in [6.45, 7) is 6.46. The lowest BCUT2D eigenvalue weighted by Crippen LogP contribution is -2.44. The van der Waals surface area contributed by atoms with E-state index in [9.17, 15) is 22.8 Å². The first-order valence-electron chi connectivity index (χ1n) is 12.6. The Kier molecular flexibility index (Phi) is 7.94. The Morgan fingerprint density at radius 1 is 1.05 bits per heavy atom. The molecular formula is C27H33F3N4O4. The van der Waals surface area contributed by atoms with Gasteiger partial charge in [0.2, 0.25) is 0 Å². The average Bonchev–Trinajstić information content (AvgIpc) is 2.84. The van der Waals surface area contributed by atoms with Crippen molar-refractivity contribution < 1.29 is 32.2 Å². The number of carbonyl (C=O) groups is 2. The van der Waals surface area contributed by atoms with Crippen LogP contribution in [0.4, 0.5) is 40.7 Å². The molecule has 0 spiro atoms. The fourth-order valence-electron chi connectivity index (χ4n) is 4.50. The first kappa shape index (κ1) is 27.4. The van der Waals surface area contributed by atoms with E-state index in [1.54, 1.807) is 37.8 Å². The molecule has 0 atom stereocenters. The average molecular weight is 535 g/mol. The van der Waals surface area contributed by atoms with Crippen molar-refractivity contribution in [2.45, 2.75) is 45.4 Å². The molecule has 2 aliphatic heterocycles. The zero-order valence-corrected chi connectivity index (χ0v) is 21.7. The van der Waals surface area contributed by atoms with Gasteiger partial charge in [0.25, 0.3) is 5.91 Å². The highest BCUT2D eigenvalue weighted by atomic mass is 19.4. The van der Waals surface area contributed by atoms with Crippen LogP contribution in [-0.2, 0) is 9.53 Å². The molecule has 0 saturated carbocycles. The maximum atomic E-state index is 12.9. The fraction of sp³-hybridized carbons (Fsp3) is 0.481. The molecule has 2 amide bonds. The first-order valence-corrected chi connectivity index (χ1v) is 12.6. The maximum absolute atomic E-state index is 12.9. The number of fused-ring (bicyclic) bond motifs is 1. The van der Waals surface area contributed by atoms with Gasteiger partial charge in [-0.25, -0.2) is 4.79 Å². The highest BCUT2D eigenvalue weighted by Gasteiger charge is 2.41. The minimum absolute atomic E-state index is 0.106. The maximum Gasteiger partial charge on any atom is 0.407 e. The lowest BCUT2D eigenvalue weighted by atomic mass is 9.96. The second kappa shape index (κ2) is 11.0. The van der Waals surface area contributed by atoms with Gasteiger partial charge in [-0.05, 0) is 70.0 Å². The van der Waals surface area contributed by atoms with Crippen LogP contribution < -0.4 is 25.2 Å². The van der Waals surface area contributed by atoms with E-state index in [0.29, 0.717) is 24.5 Å². The SMILES string of the molecule is CC(C)(C)OC(=O)NCCN1C(=O)COc2cc(Nc3ccc(N4CCC(C(F)(F)F)CC4)cc3)ccc21. The van der Waals surface area contributed by atoms with Crippen LogP contribution >= 0.6 is 0 Å². The van der Waals surface area contributed by atoms with Gasteiger partial charge in [0.1, 0.15) is 11.4 Å². The molecule has 2 N–H and O–H groups in total. The van der Waals surface area contributed by atoms with Crippen molar-refractivity contribution in [1.29, 1.82) is 0 Å². The molecule has 2 aromatic carbocycles. The number of nitrogens with one attached hydrogen (secondary N) is 2. The summed E-state index contributed by atoms with van der Waals surface area (Å²) in [5.74, 6) is -0.895. The summed E-state index contributed by atoms with van der Waals surface area (Å²) < 4.78 is 49.7. The fourth-order valence-corrected chi connectivity index (χ4v) is 4.50. The smallest absolute Gasteiger partial charge is 0.407 e. The van der Waals surface area contributed by atoms with Crippen LogP contribution in [0.25, 0.3) is 0 Å². The van der Waals surface area contributed by atoms with Gasteiger partial charge in [0.05, 0.1) is 11.6 Å². The summed E-state index contributed by atoms with van der Waals surface area (Å²) >= 11 is 0. The number of alkyl halides is 3. The van der Waals surface area contributed by atoms with Gasteiger partial charge in [0.15, 0.2) is 6.61 Å². The predicted molar refractivity (Wildman–Crippen MR) is 139 cm³/mol. The van der Waals surface area contributed by atoms with Crippen molar-refractivity contribution >= 4 is 34.7 Å². The highest BCUT2D eigenvalue weighted by molar-refractivity contribution is 5.98. The number of hydrogen-bond acceptors (Lipinski definition) is 6. The minimum Gasteiger partial charge on any atom is -0.481 e. The Morgan fingerprint density at radius 2 is 1.71 bits per heavy atom. The lowest BCUT2D eigenvalue weighted by molar-refractivity contribution is -0.179. The van der Waals surface area contributed by atoms with Gasteiger partial charge in [-0.2, -0.15) is 13.2 Å². The molecule has 0 bridgehead atoms. The highest BCUT2D eigenvalue weighted by Crippen LogP contribution is 2.37. The van der Waals surface area contributed by atoms with Gasteiger partial charge in [-0.15, -0.1) is 0 Å². The third-order valence-electron chi connectivity index (χ3n) is 6.39. The minimum atomic E-state index is -4.13. The number of carbonyl (C=O) groups excluding carboxylic acids is 2. The number of halogens is 3. The van der Waals surface area contributed by atoms with Crippen LogP contribution in [0.1, 0.15) is 33.6 Å². The number of benzene rings is 2. The van der Waals surface area contributed by atoms with Crippen LogP contribution in [0, 0.1) is 5.92 Å². The third kappa shape index (κ3) is 7.02. The Hall–Kier alpha value is -3.63. The molecule has 0 aliphatic carbocycles. The molecule has 2 aromatic rings. The molecule has 0 unspecified atom stereocenters. The van der Waals surface area contributed by atoms with Crippen LogP contribution in [0.5, 0.6) is 5.75 Å². The van der Waals surface area contributed by atoms with E-state index in [1.807, 2.05) is 35.2 Å². The van der Waals surface area contributed by atoms with E-state index < -0.39 is 23.8 Å². The van der Waals surface area contributed by atoms with Crippen molar-refractivity contribution in [3.05, 3.63) is 42.5 Å². The van der Waals surface area contributed by atoms with Gasteiger partial charge in [0, 0.05) is 49.3 Å². The number of anilines is 4. The molecule has 1 fully saturated rings. The zero-order valence-electron chi connectivity index (χ0n) is 21.7. The molecule has 11 heteroatoms. The van der Waals surface area contributed by atoms with Crippen molar-refractivity contribution in [3.63, 3.8) is 0 Å². The van der Waals surface area contributed by atoms with Crippen LogP contribution in [0.2, 0.25) is 0 Å². The van der Waals surface area contributed by atoms with Gasteiger partial charge in [-0.1, -0.05) is 0 Å². The molecule has 4 rings (SSSR count). The number of nitrogens with zero attached hydrogens (tertiary/aromatic N) is 2. The summed E-state index contributed by atoms with van der Waals surface area (Å²) in [5, 5.41) is 5.95. The topological polar surface area (TPSA) is 83.1 Å². The van der Waals surface area contributed by atoms with E-state index in [4.69, 9.17) is 9.47 Å². The van der Waals surface area contributed by atoms with Crippen molar-refractivity contribution in [2.24, 2.45) is 5.92 Å². The predicted octanol–water partition coefficient (Wildman–Crippen LogP) is 5.46. The standard InChI is InChI=1S/C27H33F3N4O4/c1-26(2,3)38-25(36)31-12-15-34-22-9-6-20(16-23(22)37-17-24(34)35)32-19-4-7-21(8-5-19)33-13-10-18(11-14-33)27(28,29)30/h4-9,16,18,32H,10-15,17H2,1-3H3,(H,31,36). The quantitative estimate of drug-likeness (QED) is 0.512. The van der Waals surface area contributed by atoms with Crippen LogP contribution in [0.3, 0.4) is 0 Å². The Balaban J connectivity index is 1.34. The molecule has 0 radical (unpaired) electrons.